The Morgan fingerprint density at radius 2 is 1.74 bits per heavy atom. The number of likely N-dealkylation sites (tertiary alicyclic amines) is 2. The molecular weight excluding hydrogens is 239 g/mol. The van der Waals surface area contributed by atoms with Crippen molar-refractivity contribution in [3.05, 3.63) is 0 Å². The van der Waals surface area contributed by atoms with Gasteiger partial charge in [0.1, 0.15) is 5.67 Å². The Hall–Kier alpha value is -0.150. The molecule has 2 rings (SSSR count). The molecule has 1 atom stereocenters. The van der Waals surface area contributed by atoms with E-state index in [9.17, 15) is 4.39 Å². The minimum absolute atomic E-state index is 0.164. The second-order valence-electron chi connectivity index (χ2n) is 7.23. The standard InChI is InChI=1S/C16H31FN2/c1-13(2)16(17)6-9-18(10-7-16)11-15-5-8-19(12-15)14(3)4/h13-15H,5-12H2,1-4H3. The molecule has 2 heterocycles. The second-order valence-corrected chi connectivity index (χ2v) is 7.23. The molecule has 2 aliphatic rings. The average molecular weight is 270 g/mol. The smallest absolute Gasteiger partial charge is 0.115 e. The van der Waals surface area contributed by atoms with Crippen LogP contribution in [0.3, 0.4) is 0 Å². The third-order valence-electron chi connectivity index (χ3n) is 5.29. The Kier molecular flexibility index (Phi) is 4.88. The first-order chi connectivity index (χ1) is 8.90. The van der Waals surface area contributed by atoms with Gasteiger partial charge in [0.2, 0.25) is 0 Å². The highest BCUT2D eigenvalue weighted by Gasteiger charge is 2.38. The molecule has 1 unspecified atom stereocenters. The Balaban J connectivity index is 1.75. The van der Waals surface area contributed by atoms with Gasteiger partial charge >= 0.3 is 0 Å². The van der Waals surface area contributed by atoms with E-state index in [4.69, 9.17) is 0 Å². The number of hydrogen-bond acceptors (Lipinski definition) is 2. The number of alkyl halides is 1. The van der Waals surface area contributed by atoms with E-state index in [0.717, 1.165) is 31.8 Å². The Labute approximate surface area is 118 Å². The van der Waals surface area contributed by atoms with Crippen molar-refractivity contribution in [1.29, 1.82) is 0 Å². The van der Waals surface area contributed by atoms with Crippen molar-refractivity contribution in [3.8, 4) is 0 Å². The van der Waals surface area contributed by atoms with E-state index in [0.29, 0.717) is 6.04 Å². The van der Waals surface area contributed by atoms with Crippen molar-refractivity contribution in [1.82, 2.24) is 9.80 Å². The van der Waals surface area contributed by atoms with Crippen LogP contribution in [0.25, 0.3) is 0 Å². The lowest BCUT2D eigenvalue weighted by Crippen LogP contribution is -2.46. The molecule has 0 N–H and O–H groups in total. The van der Waals surface area contributed by atoms with E-state index in [1.807, 2.05) is 13.8 Å². The summed E-state index contributed by atoms with van der Waals surface area (Å²) < 4.78 is 14.5. The van der Waals surface area contributed by atoms with E-state index in [-0.39, 0.29) is 5.92 Å². The van der Waals surface area contributed by atoms with Gasteiger partial charge in [-0.05, 0) is 51.5 Å². The summed E-state index contributed by atoms with van der Waals surface area (Å²) in [5, 5.41) is 0. The van der Waals surface area contributed by atoms with Gasteiger partial charge in [-0.1, -0.05) is 13.8 Å². The summed E-state index contributed by atoms with van der Waals surface area (Å²) in [6.07, 6.45) is 2.77. The Morgan fingerprint density at radius 1 is 1.11 bits per heavy atom. The maximum atomic E-state index is 14.5. The van der Waals surface area contributed by atoms with Gasteiger partial charge in [-0.2, -0.15) is 0 Å². The van der Waals surface area contributed by atoms with Crippen LogP contribution in [0.4, 0.5) is 4.39 Å². The molecule has 0 spiro atoms. The summed E-state index contributed by atoms with van der Waals surface area (Å²) in [5.74, 6) is 0.964. The molecule has 2 aliphatic heterocycles. The lowest BCUT2D eigenvalue weighted by atomic mass is 9.83. The third-order valence-corrected chi connectivity index (χ3v) is 5.29. The quantitative estimate of drug-likeness (QED) is 0.774. The molecule has 2 nitrogen and oxygen atoms in total. The van der Waals surface area contributed by atoms with Gasteiger partial charge in [0.25, 0.3) is 0 Å². The van der Waals surface area contributed by atoms with Crippen LogP contribution < -0.4 is 0 Å². The number of rotatable bonds is 4. The third kappa shape index (κ3) is 3.69. The van der Waals surface area contributed by atoms with Crippen molar-refractivity contribution in [3.63, 3.8) is 0 Å². The predicted octanol–water partition coefficient (Wildman–Crippen LogP) is 3.18. The zero-order chi connectivity index (χ0) is 14.0. The molecule has 0 aliphatic carbocycles. The molecule has 0 radical (unpaired) electrons. The van der Waals surface area contributed by atoms with Gasteiger partial charge < -0.3 is 9.80 Å². The van der Waals surface area contributed by atoms with E-state index < -0.39 is 5.67 Å². The zero-order valence-electron chi connectivity index (χ0n) is 13.2. The monoisotopic (exact) mass is 270 g/mol. The van der Waals surface area contributed by atoms with Crippen LogP contribution in [0.5, 0.6) is 0 Å². The number of piperidine rings is 1. The number of hydrogen-bond donors (Lipinski definition) is 0. The summed E-state index contributed by atoms with van der Waals surface area (Å²) >= 11 is 0. The van der Waals surface area contributed by atoms with Crippen molar-refractivity contribution in [2.24, 2.45) is 11.8 Å². The maximum absolute atomic E-state index is 14.5. The first-order valence-electron chi connectivity index (χ1n) is 8.06. The van der Waals surface area contributed by atoms with E-state index in [1.165, 1.54) is 26.1 Å². The lowest BCUT2D eigenvalue weighted by molar-refractivity contribution is 0.0153. The van der Waals surface area contributed by atoms with Crippen LogP contribution in [-0.2, 0) is 0 Å². The van der Waals surface area contributed by atoms with E-state index >= 15 is 0 Å². The van der Waals surface area contributed by atoms with Gasteiger partial charge in [0.05, 0.1) is 0 Å². The van der Waals surface area contributed by atoms with Gasteiger partial charge in [0, 0.05) is 32.2 Å². The average Bonchev–Trinajstić information content (AvgIpc) is 2.81. The SMILES string of the molecule is CC(C)N1CCC(CN2CCC(F)(C(C)C)CC2)C1. The van der Waals surface area contributed by atoms with Crippen LogP contribution in [0.2, 0.25) is 0 Å². The highest BCUT2D eigenvalue weighted by molar-refractivity contribution is 4.90. The van der Waals surface area contributed by atoms with E-state index in [2.05, 4.69) is 23.6 Å². The van der Waals surface area contributed by atoms with Crippen molar-refractivity contribution in [2.45, 2.75) is 58.7 Å². The van der Waals surface area contributed by atoms with Gasteiger partial charge in [-0.25, -0.2) is 4.39 Å². The Morgan fingerprint density at radius 3 is 2.21 bits per heavy atom. The van der Waals surface area contributed by atoms with Crippen molar-refractivity contribution < 1.29 is 4.39 Å². The van der Waals surface area contributed by atoms with Crippen molar-refractivity contribution in [2.75, 3.05) is 32.7 Å². The highest BCUT2D eigenvalue weighted by atomic mass is 19.1. The lowest BCUT2D eigenvalue weighted by Gasteiger charge is -2.39. The summed E-state index contributed by atoms with van der Waals surface area (Å²) in [6.45, 7) is 14.2. The molecule has 3 heteroatoms. The van der Waals surface area contributed by atoms with Crippen LogP contribution >= 0.6 is 0 Å². The van der Waals surface area contributed by atoms with Crippen LogP contribution in [0.15, 0.2) is 0 Å². The van der Waals surface area contributed by atoms with Crippen LogP contribution in [-0.4, -0.2) is 54.2 Å². The molecule has 0 amide bonds. The fourth-order valence-corrected chi connectivity index (χ4v) is 3.53. The summed E-state index contributed by atoms with van der Waals surface area (Å²) in [5.41, 5.74) is -0.907. The number of halogens is 1. The van der Waals surface area contributed by atoms with Gasteiger partial charge in [-0.15, -0.1) is 0 Å². The minimum Gasteiger partial charge on any atom is -0.303 e. The first kappa shape index (κ1) is 15.2. The molecule has 112 valence electrons. The molecular formula is C16H31FN2. The largest absolute Gasteiger partial charge is 0.303 e. The first-order valence-corrected chi connectivity index (χ1v) is 8.06. The summed E-state index contributed by atoms with van der Waals surface area (Å²) in [4.78, 5) is 5.07. The van der Waals surface area contributed by atoms with Crippen LogP contribution in [0.1, 0.15) is 47.0 Å². The minimum atomic E-state index is -0.907. The van der Waals surface area contributed by atoms with Gasteiger partial charge in [-0.3, -0.25) is 0 Å². The second kappa shape index (κ2) is 6.09. The van der Waals surface area contributed by atoms with Crippen LogP contribution in [0, 0.1) is 11.8 Å². The maximum Gasteiger partial charge on any atom is 0.115 e. The Bertz CT molecular complexity index is 282. The molecule has 0 bridgehead atoms. The molecule has 0 aromatic rings. The summed E-state index contributed by atoms with van der Waals surface area (Å²) in [7, 11) is 0. The normalized spacial score (nSPS) is 29.5. The molecule has 0 aromatic heterocycles. The molecule has 2 saturated heterocycles. The summed E-state index contributed by atoms with van der Waals surface area (Å²) in [6, 6.07) is 0.672. The molecule has 0 aromatic carbocycles. The number of nitrogens with zero attached hydrogens (tertiary/aromatic N) is 2. The molecule has 19 heavy (non-hydrogen) atoms. The van der Waals surface area contributed by atoms with Gasteiger partial charge in [0.15, 0.2) is 0 Å². The van der Waals surface area contributed by atoms with E-state index in [1.54, 1.807) is 0 Å². The fraction of sp³-hybridized carbons (Fsp3) is 1.00. The van der Waals surface area contributed by atoms with Crippen molar-refractivity contribution >= 4 is 0 Å². The molecule has 0 saturated carbocycles. The predicted molar refractivity (Wildman–Crippen MR) is 79.2 cm³/mol. The zero-order valence-corrected chi connectivity index (χ0v) is 13.2. The highest BCUT2D eigenvalue weighted by Crippen LogP contribution is 2.34. The fourth-order valence-electron chi connectivity index (χ4n) is 3.53. The molecule has 2 fully saturated rings. The topological polar surface area (TPSA) is 6.48 Å².